The van der Waals surface area contributed by atoms with Crippen molar-refractivity contribution in [1.82, 2.24) is 14.5 Å². The minimum Gasteiger partial charge on any atom is -0.456 e. The first-order valence-corrected chi connectivity index (χ1v) is 19.0. The Hall–Kier alpha value is -6.69. The third-order valence-electron chi connectivity index (χ3n) is 11.4. The summed E-state index contributed by atoms with van der Waals surface area (Å²) < 4.78 is 8.77. The van der Waals surface area contributed by atoms with Gasteiger partial charge in [0.25, 0.3) is 0 Å². The van der Waals surface area contributed by atoms with Crippen LogP contribution in [0.25, 0.3) is 73.0 Å². The number of fused-ring (bicyclic) bond motifs is 14. The van der Waals surface area contributed by atoms with Crippen molar-refractivity contribution in [1.29, 1.82) is 0 Å². The van der Waals surface area contributed by atoms with Gasteiger partial charge in [0.2, 0.25) is 0 Å². The second kappa shape index (κ2) is 11.2. The Morgan fingerprint density at radius 1 is 0.500 bits per heavy atom. The van der Waals surface area contributed by atoms with Gasteiger partial charge in [-0.3, -0.25) is 4.57 Å². The normalized spacial score (nSPS) is 15.7. The van der Waals surface area contributed by atoms with Gasteiger partial charge in [0.1, 0.15) is 22.6 Å². The van der Waals surface area contributed by atoms with Crippen LogP contribution in [0.3, 0.4) is 0 Å². The van der Waals surface area contributed by atoms with E-state index in [1.807, 2.05) is 48.4 Å². The average molecular weight is 708 g/mol. The smallest absolute Gasteiger partial charge is 0.146 e. The molecule has 5 heterocycles. The van der Waals surface area contributed by atoms with Crippen molar-refractivity contribution in [3.63, 3.8) is 0 Å². The number of pyridine rings is 2. The summed E-state index contributed by atoms with van der Waals surface area (Å²) in [4.78, 5) is 12.4. The number of hydrogen-bond donors (Lipinski definition) is 0. The first kappa shape index (κ1) is 29.8. The van der Waals surface area contributed by atoms with Crippen LogP contribution in [0.5, 0.6) is 0 Å². The van der Waals surface area contributed by atoms with Crippen LogP contribution in [0.1, 0.15) is 33.4 Å². The Morgan fingerprint density at radius 2 is 1.28 bits per heavy atom. The fraction of sp³-hybridized carbons (Fsp3) is 0.0204. The summed E-state index contributed by atoms with van der Waals surface area (Å²) in [6.45, 7) is 0. The summed E-state index contributed by atoms with van der Waals surface area (Å²) in [5, 5.41) is 4.53. The van der Waals surface area contributed by atoms with Crippen LogP contribution >= 0.6 is 11.8 Å². The van der Waals surface area contributed by atoms with Crippen molar-refractivity contribution in [2.24, 2.45) is 0 Å². The third-order valence-corrected chi connectivity index (χ3v) is 12.5. The predicted molar refractivity (Wildman–Crippen MR) is 220 cm³/mol. The van der Waals surface area contributed by atoms with E-state index in [9.17, 15) is 0 Å². The van der Waals surface area contributed by atoms with Gasteiger partial charge in [-0.05, 0) is 93.5 Å². The topological polar surface area (TPSA) is 43.9 Å². The highest BCUT2D eigenvalue weighted by molar-refractivity contribution is 7.99. The summed E-state index contributed by atoms with van der Waals surface area (Å²) in [6, 6.07) is 54.7. The molecule has 0 N–H and O–H groups in total. The zero-order valence-corrected chi connectivity index (χ0v) is 29.7. The lowest BCUT2D eigenvalue weighted by Crippen LogP contribution is -2.35. The van der Waals surface area contributed by atoms with Crippen LogP contribution in [-0.4, -0.2) is 14.5 Å². The molecule has 2 aliphatic rings. The Kier molecular flexibility index (Phi) is 6.17. The molecule has 0 saturated carbocycles. The molecule has 6 aromatic carbocycles. The number of nitrogens with zero attached hydrogens (tertiary/aromatic N) is 3. The molecule has 0 amide bonds. The number of benzene rings is 6. The van der Waals surface area contributed by atoms with E-state index in [0.717, 1.165) is 60.8 Å². The lowest BCUT2D eigenvalue weighted by Gasteiger charge is -2.42. The molecule has 4 nitrogen and oxygen atoms in total. The summed E-state index contributed by atoms with van der Waals surface area (Å²) >= 11 is 1.86. The standard InChI is InChI=1S/C49H29N3OS/c1-4-14-38-30(11-1)20-21-31-22-23-32(33-25-37-34-12-2-6-16-42(34)52(48(37)51-29-33)47-19-9-10-24-50-47)26-40(31)49(38)39-15-5-8-18-45(39)54-46-27-36-35-13-3-7-17-43(35)53-44(36)28-41(46)49/h1-29H. The Balaban J connectivity index is 1.16. The molecule has 12 rings (SSSR count). The van der Waals surface area contributed by atoms with Crippen molar-refractivity contribution in [3.8, 4) is 16.9 Å². The number of aromatic nitrogens is 3. The van der Waals surface area contributed by atoms with Gasteiger partial charge in [-0.25, -0.2) is 9.97 Å². The zero-order chi connectivity index (χ0) is 35.4. The highest BCUT2D eigenvalue weighted by Gasteiger charge is 2.47. The van der Waals surface area contributed by atoms with Gasteiger partial charge in [-0.15, -0.1) is 0 Å². The quantitative estimate of drug-likeness (QED) is 0.179. The van der Waals surface area contributed by atoms with Crippen molar-refractivity contribution >= 4 is 67.8 Å². The van der Waals surface area contributed by atoms with Gasteiger partial charge in [-0.1, -0.05) is 121 Å². The zero-order valence-electron chi connectivity index (χ0n) is 28.9. The van der Waals surface area contributed by atoms with Crippen LogP contribution < -0.4 is 0 Å². The number of para-hydroxylation sites is 2. The maximum atomic E-state index is 6.61. The average Bonchev–Trinajstić information content (AvgIpc) is 3.72. The van der Waals surface area contributed by atoms with E-state index >= 15 is 0 Å². The molecule has 252 valence electrons. The third kappa shape index (κ3) is 4.04. The van der Waals surface area contributed by atoms with Crippen LogP contribution in [0, 0.1) is 0 Å². The number of rotatable bonds is 2. The summed E-state index contributed by atoms with van der Waals surface area (Å²) in [6.07, 6.45) is 8.43. The molecular formula is C49H29N3OS. The molecule has 0 fully saturated rings. The predicted octanol–water partition coefficient (Wildman–Crippen LogP) is 12.5. The van der Waals surface area contributed by atoms with E-state index in [4.69, 9.17) is 14.4 Å². The van der Waals surface area contributed by atoms with Crippen LogP contribution in [0.2, 0.25) is 0 Å². The van der Waals surface area contributed by atoms with Crippen LogP contribution in [0.15, 0.2) is 178 Å². The Labute approximate surface area is 315 Å². The van der Waals surface area contributed by atoms with Crippen molar-refractivity contribution in [2.75, 3.05) is 0 Å². The van der Waals surface area contributed by atoms with Crippen LogP contribution in [-0.2, 0) is 5.41 Å². The van der Waals surface area contributed by atoms with E-state index in [1.165, 1.54) is 43.2 Å². The minimum atomic E-state index is -0.623. The van der Waals surface area contributed by atoms with Crippen molar-refractivity contribution < 1.29 is 4.42 Å². The molecule has 1 aliphatic heterocycles. The first-order valence-electron chi connectivity index (χ1n) is 18.2. The van der Waals surface area contributed by atoms with Gasteiger partial charge < -0.3 is 4.42 Å². The maximum Gasteiger partial charge on any atom is 0.146 e. The summed E-state index contributed by atoms with van der Waals surface area (Å²) in [5.41, 5.74) is 12.8. The molecule has 10 aromatic rings. The Bertz CT molecular complexity index is 3210. The van der Waals surface area contributed by atoms with Gasteiger partial charge in [-0.2, -0.15) is 0 Å². The molecule has 1 aliphatic carbocycles. The molecule has 0 radical (unpaired) electrons. The molecular weight excluding hydrogens is 679 g/mol. The van der Waals surface area contributed by atoms with E-state index in [2.05, 4.69) is 144 Å². The van der Waals surface area contributed by atoms with E-state index < -0.39 is 5.41 Å². The maximum absolute atomic E-state index is 6.61. The van der Waals surface area contributed by atoms with E-state index in [1.54, 1.807) is 0 Å². The molecule has 5 heteroatoms. The van der Waals surface area contributed by atoms with E-state index in [0.29, 0.717) is 0 Å². The highest BCUT2D eigenvalue weighted by Crippen LogP contribution is 2.59. The second-order valence-corrected chi connectivity index (χ2v) is 15.2. The van der Waals surface area contributed by atoms with E-state index in [-0.39, 0.29) is 0 Å². The molecule has 54 heavy (non-hydrogen) atoms. The molecule has 0 saturated heterocycles. The molecule has 1 spiro atoms. The highest BCUT2D eigenvalue weighted by atomic mass is 32.2. The van der Waals surface area contributed by atoms with Gasteiger partial charge in [0.15, 0.2) is 0 Å². The lowest BCUT2D eigenvalue weighted by atomic mass is 9.63. The fourth-order valence-electron chi connectivity index (χ4n) is 9.07. The molecule has 4 aromatic heterocycles. The van der Waals surface area contributed by atoms with Crippen LogP contribution in [0.4, 0.5) is 0 Å². The molecule has 1 unspecified atom stereocenters. The first-order chi connectivity index (χ1) is 26.8. The summed E-state index contributed by atoms with van der Waals surface area (Å²) in [5.74, 6) is 0.854. The van der Waals surface area contributed by atoms with Crippen molar-refractivity contribution in [3.05, 3.63) is 197 Å². The van der Waals surface area contributed by atoms with Gasteiger partial charge in [0.05, 0.1) is 10.9 Å². The number of hydrogen-bond acceptors (Lipinski definition) is 4. The monoisotopic (exact) mass is 707 g/mol. The van der Waals surface area contributed by atoms with Gasteiger partial charge >= 0.3 is 0 Å². The second-order valence-electron chi connectivity index (χ2n) is 14.1. The molecule has 1 atom stereocenters. The lowest BCUT2D eigenvalue weighted by molar-refractivity contribution is 0.659. The minimum absolute atomic E-state index is 0.623. The Morgan fingerprint density at radius 3 is 2.19 bits per heavy atom. The van der Waals surface area contributed by atoms with Gasteiger partial charge in [0, 0.05) is 49.3 Å². The molecule has 0 bridgehead atoms. The summed E-state index contributed by atoms with van der Waals surface area (Å²) in [7, 11) is 0. The number of furan rings is 1. The SMILES string of the molecule is C1=Cc2ccc(-c3cnc4c(c3)c3ccccc3n4-c3ccccn3)cc2C2(c3ccccc31)c1ccccc1Sc1cc3c(cc12)oc1ccccc13. The largest absolute Gasteiger partial charge is 0.456 e. The van der Waals surface area contributed by atoms with Crippen molar-refractivity contribution in [2.45, 2.75) is 15.2 Å². The fourth-order valence-corrected chi connectivity index (χ4v) is 10.3.